The molecule has 4 rings (SSSR count). The number of thioether (sulfide) groups is 1. The standard InChI is InChI=1S/C22H25N3O3S/c1-28-17-7-5-6-15(12-17)14-23-20(26)16-8-9-19-18(13-16)24-21(27)22(29-19)25-10-3-2-4-11-25/h5-9,12-13,22H,2-4,10-11,14H2,1H3,(H,23,26)(H,24,27). The largest absolute Gasteiger partial charge is 0.497 e. The van der Waals surface area contributed by atoms with Gasteiger partial charge in [0.25, 0.3) is 11.8 Å². The fraction of sp³-hybridized carbons (Fsp3) is 0.364. The van der Waals surface area contributed by atoms with Crippen LogP contribution in [-0.4, -0.2) is 42.3 Å². The van der Waals surface area contributed by atoms with Crippen LogP contribution < -0.4 is 15.4 Å². The van der Waals surface area contributed by atoms with Crippen molar-refractivity contribution in [1.82, 2.24) is 10.2 Å². The highest BCUT2D eigenvalue weighted by Crippen LogP contribution is 2.38. The molecule has 2 aliphatic rings. The van der Waals surface area contributed by atoms with Crippen molar-refractivity contribution in [2.24, 2.45) is 0 Å². The molecule has 1 saturated heterocycles. The lowest BCUT2D eigenvalue weighted by Crippen LogP contribution is -2.46. The van der Waals surface area contributed by atoms with E-state index in [1.54, 1.807) is 24.9 Å². The molecule has 2 amide bonds. The highest BCUT2D eigenvalue weighted by Gasteiger charge is 2.33. The third kappa shape index (κ3) is 4.57. The molecule has 2 heterocycles. The van der Waals surface area contributed by atoms with Crippen LogP contribution in [0.2, 0.25) is 0 Å². The van der Waals surface area contributed by atoms with E-state index >= 15 is 0 Å². The highest BCUT2D eigenvalue weighted by molar-refractivity contribution is 8.00. The first-order valence-corrected chi connectivity index (χ1v) is 10.8. The molecule has 7 heteroatoms. The van der Waals surface area contributed by atoms with Gasteiger partial charge < -0.3 is 15.4 Å². The van der Waals surface area contributed by atoms with Crippen molar-refractivity contribution < 1.29 is 14.3 Å². The minimum Gasteiger partial charge on any atom is -0.497 e. The van der Waals surface area contributed by atoms with Crippen molar-refractivity contribution >= 4 is 29.3 Å². The molecule has 1 atom stereocenters. The van der Waals surface area contributed by atoms with Crippen LogP contribution in [0.1, 0.15) is 35.2 Å². The number of carbonyl (C=O) groups excluding carboxylic acids is 2. The van der Waals surface area contributed by atoms with Crippen LogP contribution in [0.15, 0.2) is 47.4 Å². The van der Waals surface area contributed by atoms with Gasteiger partial charge in [-0.2, -0.15) is 0 Å². The zero-order valence-corrected chi connectivity index (χ0v) is 17.3. The number of benzene rings is 2. The molecule has 29 heavy (non-hydrogen) atoms. The highest BCUT2D eigenvalue weighted by atomic mass is 32.2. The maximum absolute atomic E-state index is 12.6. The first kappa shape index (κ1) is 19.8. The Balaban J connectivity index is 1.42. The van der Waals surface area contributed by atoms with Crippen molar-refractivity contribution in [2.75, 3.05) is 25.5 Å². The summed E-state index contributed by atoms with van der Waals surface area (Å²) < 4.78 is 5.21. The lowest BCUT2D eigenvalue weighted by Gasteiger charge is -2.35. The number of piperidine rings is 1. The number of amides is 2. The van der Waals surface area contributed by atoms with Gasteiger partial charge in [0.15, 0.2) is 0 Å². The number of carbonyl (C=O) groups is 2. The van der Waals surface area contributed by atoms with Crippen LogP contribution in [0.3, 0.4) is 0 Å². The molecule has 0 saturated carbocycles. The van der Waals surface area contributed by atoms with E-state index in [1.165, 1.54) is 6.42 Å². The molecule has 0 bridgehead atoms. The number of nitrogens with zero attached hydrogens (tertiary/aromatic N) is 1. The van der Waals surface area contributed by atoms with E-state index in [9.17, 15) is 9.59 Å². The Hall–Kier alpha value is -2.51. The normalized spacial score (nSPS) is 19.2. The second-order valence-corrected chi connectivity index (χ2v) is 8.42. The molecule has 0 radical (unpaired) electrons. The average Bonchev–Trinajstić information content (AvgIpc) is 2.77. The summed E-state index contributed by atoms with van der Waals surface area (Å²) in [5.74, 6) is 0.583. The van der Waals surface area contributed by atoms with E-state index in [-0.39, 0.29) is 17.2 Å². The number of anilines is 1. The summed E-state index contributed by atoms with van der Waals surface area (Å²) >= 11 is 1.57. The van der Waals surface area contributed by atoms with Gasteiger partial charge in [0, 0.05) is 17.0 Å². The van der Waals surface area contributed by atoms with Gasteiger partial charge in [-0.25, -0.2) is 0 Å². The van der Waals surface area contributed by atoms with Gasteiger partial charge in [0.1, 0.15) is 11.1 Å². The first-order valence-electron chi connectivity index (χ1n) is 9.91. The smallest absolute Gasteiger partial charge is 0.252 e. The zero-order chi connectivity index (χ0) is 20.2. The van der Waals surface area contributed by atoms with Gasteiger partial charge >= 0.3 is 0 Å². The predicted octanol–water partition coefficient (Wildman–Crippen LogP) is 3.48. The number of likely N-dealkylation sites (tertiary alicyclic amines) is 1. The molecule has 6 nitrogen and oxygen atoms in total. The van der Waals surface area contributed by atoms with Crippen molar-refractivity contribution in [1.29, 1.82) is 0 Å². The second-order valence-electron chi connectivity index (χ2n) is 7.30. The molecule has 2 aliphatic heterocycles. The summed E-state index contributed by atoms with van der Waals surface area (Å²) in [6.45, 7) is 2.33. The third-order valence-electron chi connectivity index (χ3n) is 5.27. The third-order valence-corrected chi connectivity index (χ3v) is 6.62. The van der Waals surface area contributed by atoms with Gasteiger partial charge in [-0.15, -0.1) is 0 Å². The molecule has 2 aromatic carbocycles. The average molecular weight is 412 g/mol. The Morgan fingerprint density at radius 2 is 2.03 bits per heavy atom. The Morgan fingerprint density at radius 1 is 1.21 bits per heavy atom. The van der Waals surface area contributed by atoms with E-state index in [1.807, 2.05) is 36.4 Å². The molecule has 0 spiro atoms. The summed E-state index contributed by atoms with van der Waals surface area (Å²) in [4.78, 5) is 28.5. The number of methoxy groups -OCH3 is 1. The summed E-state index contributed by atoms with van der Waals surface area (Å²) in [5.41, 5.74) is 2.20. The van der Waals surface area contributed by atoms with Crippen LogP contribution >= 0.6 is 11.8 Å². The molecular weight excluding hydrogens is 386 g/mol. The van der Waals surface area contributed by atoms with Gasteiger partial charge in [-0.3, -0.25) is 14.5 Å². The summed E-state index contributed by atoms with van der Waals surface area (Å²) in [7, 11) is 1.62. The molecule has 1 unspecified atom stereocenters. The molecule has 0 aliphatic carbocycles. The maximum Gasteiger partial charge on any atom is 0.252 e. The summed E-state index contributed by atoms with van der Waals surface area (Å²) in [5, 5.41) is 5.73. The molecule has 152 valence electrons. The maximum atomic E-state index is 12.6. The Labute approximate surface area is 175 Å². The van der Waals surface area contributed by atoms with Crippen LogP contribution in [0.4, 0.5) is 5.69 Å². The number of fused-ring (bicyclic) bond motifs is 1. The first-order chi connectivity index (χ1) is 14.1. The van der Waals surface area contributed by atoms with E-state index < -0.39 is 0 Å². The van der Waals surface area contributed by atoms with E-state index in [4.69, 9.17) is 4.74 Å². The van der Waals surface area contributed by atoms with Gasteiger partial charge in [0.05, 0.1) is 12.8 Å². The molecular formula is C22H25N3O3S. The Bertz CT molecular complexity index is 912. The fourth-order valence-electron chi connectivity index (χ4n) is 3.70. The molecule has 2 aromatic rings. The number of hydrogen-bond acceptors (Lipinski definition) is 5. The Kier molecular flexibility index (Phi) is 6.06. The monoisotopic (exact) mass is 411 g/mol. The van der Waals surface area contributed by atoms with Gasteiger partial charge in [0.2, 0.25) is 0 Å². The fourth-order valence-corrected chi connectivity index (χ4v) is 4.85. The van der Waals surface area contributed by atoms with E-state index in [0.717, 1.165) is 42.1 Å². The van der Waals surface area contributed by atoms with Crippen LogP contribution in [0.5, 0.6) is 5.75 Å². The molecule has 1 fully saturated rings. The van der Waals surface area contributed by atoms with Crippen molar-refractivity contribution in [3.63, 3.8) is 0 Å². The van der Waals surface area contributed by atoms with Crippen molar-refractivity contribution in [3.8, 4) is 5.75 Å². The van der Waals surface area contributed by atoms with Crippen LogP contribution in [0.25, 0.3) is 0 Å². The number of nitrogens with one attached hydrogen (secondary N) is 2. The number of rotatable bonds is 5. The number of ether oxygens (including phenoxy) is 1. The second kappa shape index (κ2) is 8.88. The summed E-state index contributed by atoms with van der Waals surface area (Å²) in [6.07, 6.45) is 3.52. The van der Waals surface area contributed by atoms with Gasteiger partial charge in [-0.1, -0.05) is 30.3 Å². The number of hydrogen-bond donors (Lipinski definition) is 2. The predicted molar refractivity (Wildman–Crippen MR) is 114 cm³/mol. The van der Waals surface area contributed by atoms with Crippen LogP contribution in [0, 0.1) is 0 Å². The van der Waals surface area contributed by atoms with E-state index in [0.29, 0.717) is 17.8 Å². The lowest BCUT2D eigenvalue weighted by molar-refractivity contribution is -0.118. The van der Waals surface area contributed by atoms with Crippen molar-refractivity contribution in [2.45, 2.75) is 36.1 Å². The van der Waals surface area contributed by atoms with Gasteiger partial charge in [-0.05, 0) is 61.8 Å². The molecule has 0 aromatic heterocycles. The van der Waals surface area contributed by atoms with Crippen molar-refractivity contribution in [3.05, 3.63) is 53.6 Å². The quantitative estimate of drug-likeness (QED) is 0.788. The minimum atomic E-state index is -0.185. The SMILES string of the molecule is COc1cccc(CNC(=O)c2ccc3c(c2)NC(=O)C(N2CCCCC2)S3)c1. The molecule has 2 N–H and O–H groups in total. The topological polar surface area (TPSA) is 70.7 Å². The summed E-state index contributed by atoms with van der Waals surface area (Å²) in [6, 6.07) is 13.1. The van der Waals surface area contributed by atoms with E-state index in [2.05, 4.69) is 15.5 Å². The minimum absolute atomic E-state index is 0.00154. The lowest BCUT2D eigenvalue weighted by atomic mass is 10.1. The Morgan fingerprint density at radius 3 is 2.83 bits per heavy atom. The van der Waals surface area contributed by atoms with Crippen LogP contribution in [-0.2, 0) is 11.3 Å². The zero-order valence-electron chi connectivity index (χ0n) is 16.4.